The van der Waals surface area contributed by atoms with E-state index in [0.29, 0.717) is 26.9 Å². The van der Waals surface area contributed by atoms with Gasteiger partial charge in [-0.2, -0.15) is 0 Å². The number of hydrogen-bond acceptors (Lipinski definition) is 4. The van der Waals surface area contributed by atoms with Crippen molar-refractivity contribution in [1.29, 1.82) is 0 Å². The number of aromatic amines is 1. The highest BCUT2D eigenvalue weighted by Crippen LogP contribution is 2.30. The molecular formula is C11H7ClN2O2S. The van der Waals surface area contributed by atoms with E-state index < -0.39 is 0 Å². The number of H-pyrrole nitrogens is 1. The van der Waals surface area contributed by atoms with E-state index in [-0.39, 0.29) is 5.56 Å². The third-order valence-corrected chi connectivity index (χ3v) is 3.29. The second-order valence-corrected chi connectivity index (χ2v) is 4.55. The van der Waals surface area contributed by atoms with Crippen LogP contribution in [-0.2, 0) is 0 Å². The van der Waals surface area contributed by atoms with E-state index in [1.54, 1.807) is 18.2 Å². The Bertz CT molecular complexity index is 612. The van der Waals surface area contributed by atoms with Crippen molar-refractivity contribution in [1.82, 2.24) is 9.97 Å². The number of aldehydes is 1. The van der Waals surface area contributed by atoms with E-state index in [4.69, 9.17) is 11.6 Å². The lowest BCUT2D eigenvalue weighted by Gasteiger charge is -2.04. The molecule has 0 fully saturated rings. The summed E-state index contributed by atoms with van der Waals surface area (Å²) in [6.45, 7) is 0. The van der Waals surface area contributed by atoms with Gasteiger partial charge in [0.1, 0.15) is 0 Å². The third kappa shape index (κ3) is 2.75. The van der Waals surface area contributed by atoms with Gasteiger partial charge in [-0.1, -0.05) is 29.4 Å². The summed E-state index contributed by atoms with van der Waals surface area (Å²) in [5.74, 6) is 0. The van der Waals surface area contributed by atoms with E-state index in [0.717, 1.165) is 0 Å². The fourth-order valence-corrected chi connectivity index (χ4v) is 2.39. The Morgan fingerprint density at radius 2 is 2.18 bits per heavy atom. The van der Waals surface area contributed by atoms with Gasteiger partial charge in [0, 0.05) is 22.7 Å². The Labute approximate surface area is 106 Å². The van der Waals surface area contributed by atoms with Gasteiger partial charge in [-0.3, -0.25) is 9.59 Å². The molecular weight excluding hydrogens is 260 g/mol. The molecule has 1 N–H and O–H groups in total. The van der Waals surface area contributed by atoms with Crippen LogP contribution < -0.4 is 5.56 Å². The molecule has 1 heterocycles. The van der Waals surface area contributed by atoms with Gasteiger partial charge in [0.25, 0.3) is 5.56 Å². The van der Waals surface area contributed by atoms with Gasteiger partial charge in [0.05, 0.1) is 5.02 Å². The maximum atomic E-state index is 11.1. The average molecular weight is 267 g/mol. The zero-order valence-electron chi connectivity index (χ0n) is 8.51. The highest BCUT2D eigenvalue weighted by atomic mass is 35.5. The first-order valence-electron chi connectivity index (χ1n) is 4.67. The summed E-state index contributed by atoms with van der Waals surface area (Å²) in [5.41, 5.74) is 0.155. The summed E-state index contributed by atoms with van der Waals surface area (Å²) in [7, 11) is 0. The van der Waals surface area contributed by atoms with Crippen molar-refractivity contribution in [2.75, 3.05) is 0 Å². The Kier molecular flexibility index (Phi) is 3.61. The Morgan fingerprint density at radius 3 is 2.88 bits per heavy atom. The van der Waals surface area contributed by atoms with E-state index in [1.165, 1.54) is 24.0 Å². The molecule has 2 aromatic rings. The molecule has 0 bridgehead atoms. The monoisotopic (exact) mass is 266 g/mol. The van der Waals surface area contributed by atoms with E-state index in [1.807, 2.05) is 0 Å². The van der Waals surface area contributed by atoms with Gasteiger partial charge in [-0.15, -0.1) is 0 Å². The van der Waals surface area contributed by atoms with Crippen LogP contribution in [0.2, 0.25) is 5.02 Å². The molecule has 0 aliphatic carbocycles. The van der Waals surface area contributed by atoms with E-state index in [9.17, 15) is 9.59 Å². The molecule has 0 aliphatic rings. The summed E-state index contributed by atoms with van der Waals surface area (Å²) in [6, 6.07) is 6.44. The van der Waals surface area contributed by atoms with Gasteiger partial charge >= 0.3 is 0 Å². The highest BCUT2D eigenvalue weighted by Gasteiger charge is 2.08. The SMILES string of the molecule is O=Cc1c(Cl)cccc1Sc1nccc(=O)[nH]1. The Hall–Kier alpha value is -1.59. The lowest BCUT2D eigenvalue weighted by atomic mass is 10.2. The second kappa shape index (κ2) is 5.16. The first kappa shape index (κ1) is 11.9. The van der Waals surface area contributed by atoms with Crippen LogP contribution in [0, 0.1) is 0 Å². The van der Waals surface area contributed by atoms with Crippen molar-refractivity contribution in [3.63, 3.8) is 0 Å². The van der Waals surface area contributed by atoms with Crippen LogP contribution in [0.1, 0.15) is 10.4 Å². The maximum absolute atomic E-state index is 11.1. The molecule has 0 aliphatic heterocycles. The molecule has 0 atom stereocenters. The second-order valence-electron chi connectivity index (χ2n) is 3.11. The summed E-state index contributed by atoms with van der Waals surface area (Å²) in [6.07, 6.45) is 2.10. The lowest BCUT2D eigenvalue weighted by Crippen LogP contribution is -2.05. The highest BCUT2D eigenvalue weighted by molar-refractivity contribution is 7.99. The number of carbonyl (C=O) groups is 1. The molecule has 1 aromatic carbocycles. The molecule has 1 aromatic heterocycles. The van der Waals surface area contributed by atoms with Crippen molar-refractivity contribution >= 4 is 29.6 Å². The number of nitrogens with zero attached hydrogens (tertiary/aromatic N) is 1. The largest absolute Gasteiger partial charge is 0.301 e. The minimum Gasteiger partial charge on any atom is -0.301 e. The normalized spacial score (nSPS) is 10.2. The van der Waals surface area contributed by atoms with E-state index >= 15 is 0 Å². The number of aromatic nitrogens is 2. The molecule has 0 amide bonds. The van der Waals surface area contributed by atoms with Crippen LogP contribution in [-0.4, -0.2) is 16.3 Å². The van der Waals surface area contributed by atoms with Crippen LogP contribution in [0.3, 0.4) is 0 Å². The third-order valence-electron chi connectivity index (χ3n) is 1.99. The maximum Gasteiger partial charge on any atom is 0.251 e. The molecule has 0 spiro atoms. The number of halogens is 1. The molecule has 86 valence electrons. The lowest BCUT2D eigenvalue weighted by molar-refractivity contribution is 0.112. The fourth-order valence-electron chi connectivity index (χ4n) is 1.23. The molecule has 4 nitrogen and oxygen atoms in total. The summed E-state index contributed by atoms with van der Waals surface area (Å²) >= 11 is 7.07. The number of carbonyl (C=O) groups excluding carboxylic acids is 1. The predicted octanol–water partition coefficient (Wildman–Crippen LogP) is 2.39. The zero-order chi connectivity index (χ0) is 12.3. The van der Waals surface area contributed by atoms with Gasteiger partial charge in [0.15, 0.2) is 11.4 Å². The van der Waals surface area contributed by atoms with Crippen molar-refractivity contribution in [3.05, 3.63) is 51.4 Å². The number of hydrogen-bond donors (Lipinski definition) is 1. The summed E-state index contributed by atoms with van der Waals surface area (Å²) in [4.78, 5) is 29.2. The Balaban J connectivity index is 2.39. The number of nitrogens with one attached hydrogen (secondary N) is 1. The first-order valence-corrected chi connectivity index (χ1v) is 5.87. The van der Waals surface area contributed by atoms with Crippen LogP contribution in [0.4, 0.5) is 0 Å². The molecule has 6 heteroatoms. The average Bonchev–Trinajstić information content (AvgIpc) is 2.29. The number of benzene rings is 1. The zero-order valence-corrected chi connectivity index (χ0v) is 10.1. The van der Waals surface area contributed by atoms with Crippen LogP contribution in [0.25, 0.3) is 0 Å². The molecule has 0 saturated heterocycles. The van der Waals surface area contributed by atoms with Crippen LogP contribution >= 0.6 is 23.4 Å². The molecule has 2 rings (SSSR count). The van der Waals surface area contributed by atoms with Crippen molar-refractivity contribution in [2.24, 2.45) is 0 Å². The quantitative estimate of drug-likeness (QED) is 0.684. The standard InChI is InChI=1S/C11H7ClN2O2S/c12-8-2-1-3-9(7(8)6-15)17-11-13-5-4-10(16)14-11/h1-6H,(H,13,14,16). The van der Waals surface area contributed by atoms with Gasteiger partial charge in [-0.25, -0.2) is 4.98 Å². The summed E-state index contributed by atoms with van der Waals surface area (Å²) < 4.78 is 0. The first-order chi connectivity index (χ1) is 8.20. The fraction of sp³-hybridized carbons (Fsp3) is 0. The number of rotatable bonds is 3. The Morgan fingerprint density at radius 1 is 1.35 bits per heavy atom. The molecule has 0 radical (unpaired) electrons. The minimum absolute atomic E-state index is 0.239. The topological polar surface area (TPSA) is 62.8 Å². The molecule has 0 unspecified atom stereocenters. The van der Waals surface area contributed by atoms with Gasteiger partial charge in [-0.05, 0) is 12.1 Å². The van der Waals surface area contributed by atoms with E-state index in [2.05, 4.69) is 9.97 Å². The molecule has 17 heavy (non-hydrogen) atoms. The summed E-state index contributed by atoms with van der Waals surface area (Å²) in [5, 5.41) is 0.797. The van der Waals surface area contributed by atoms with Gasteiger partial charge < -0.3 is 4.98 Å². The van der Waals surface area contributed by atoms with Crippen LogP contribution in [0.15, 0.2) is 45.3 Å². The predicted molar refractivity (Wildman–Crippen MR) is 65.8 cm³/mol. The molecule has 0 saturated carbocycles. The van der Waals surface area contributed by atoms with Crippen molar-refractivity contribution in [2.45, 2.75) is 10.1 Å². The van der Waals surface area contributed by atoms with Crippen molar-refractivity contribution in [3.8, 4) is 0 Å². The smallest absolute Gasteiger partial charge is 0.251 e. The van der Waals surface area contributed by atoms with Gasteiger partial charge in [0.2, 0.25) is 0 Å². The minimum atomic E-state index is -0.239. The van der Waals surface area contributed by atoms with Crippen LogP contribution in [0.5, 0.6) is 0 Å². The van der Waals surface area contributed by atoms with Crippen molar-refractivity contribution < 1.29 is 4.79 Å².